The Labute approximate surface area is 877 Å². The van der Waals surface area contributed by atoms with Crippen LogP contribution < -0.4 is 23.7 Å². The molecule has 0 aromatic heterocycles. The topological polar surface area (TPSA) is 339 Å². The van der Waals surface area contributed by atoms with Gasteiger partial charge in [0, 0.05) is 97.7 Å². The summed E-state index contributed by atoms with van der Waals surface area (Å²) in [5.74, 6) is -2.86. The Kier molecular flexibility index (Phi) is 44.7. The Morgan fingerprint density at radius 2 is 0.639 bits per heavy atom. The smallest absolute Gasteiger partial charge is 0.342 e. The zero-order valence-corrected chi connectivity index (χ0v) is 96.9. The van der Waals surface area contributed by atoms with Crippen LogP contribution in [0.1, 0.15) is 292 Å². The highest BCUT2D eigenvalue weighted by molar-refractivity contribution is 6.75. The normalized spacial score (nSPS) is 27.4. The van der Waals surface area contributed by atoms with Gasteiger partial charge in [0.15, 0.2) is 82.1 Å². The third-order valence-electron chi connectivity index (χ3n) is 27.9. The van der Waals surface area contributed by atoms with Gasteiger partial charge in [0.1, 0.15) is 111 Å². The first-order valence-corrected chi connectivity index (χ1v) is 60.7. The number of benzene rings is 4. The van der Waals surface area contributed by atoms with E-state index in [1.165, 1.54) is 33.5 Å². The van der Waals surface area contributed by atoms with Crippen LogP contribution in [0, 0.1) is 6.92 Å². The molecular weight excluding hydrogens is 1940 g/mol. The van der Waals surface area contributed by atoms with Gasteiger partial charge in [-0.3, -0.25) is 0 Å². The van der Waals surface area contributed by atoms with Crippen LogP contribution in [-0.4, -0.2) is 243 Å². The van der Waals surface area contributed by atoms with Gasteiger partial charge in [0.2, 0.25) is 0 Å². The summed E-state index contributed by atoms with van der Waals surface area (Å²) in [5.41, 5.74) is 4.92. The number of carbonyl (C=O) groups is 4. The molecule has 34 heteroatoms. The van der Waals surface area contributed by atoms with Crippen molar-refractivity contribution < 1.29 is 147 Å². The van der Waals surface area contributed by atoms with Crippen LogP contribution in [0.2, 0.25) is 54.4 Å². The molecular formula is C113H174O31Si3. The number of methoxy groups -OCH3 is 5. The number of carbonyl (C=O) groups excluding carboxylic acids is 4. The Balaban J connectivity index is 0.000000219. The van der Waals surface area contributed by atoms with E-state index < -0.39 is 78.1 Å². The number of hydrogen-bond acceptors (Lipinski definition) is 31. The SMILES string of the molecule is COCOc1cc(C)cc2c1C(=O)O[C@@H](C)C/C=C/[C@H]1OC(C)(C)O[C@H]1CCC(O[Si](C)(C)C(C)(C)C)C2.COCOc1cc2c(c(OCOC)c1)C(=O)O[C@@H](C)C/C=C/[C@H]1OC(C)(C)O[C@H]1CC/C=C/2.COCOc1cc2c(c(OCOC)c1)C(=O)O[C@@H](C)C/C=C/[C@H]1OC(C)(C)O[C@H]1CCC(O[Si](C)(C)C(C)(C)C)C2.C[C@H]1C/C=C/[C@H]2OC(C)(C)O[C@H]2CCC(O[Si](C)(C)C(C)(C)C)Cc2cc(O)cc(O)c2C(=O)O1. The first kappa shape index (κ1) is 123. The summed E-state index contributed by atoms with van der Waals surface area (Å²) < 4.78 is 148. The fraction of sp³-hybridized carbons (Fsp3) is 0.664. The van der Waals surface area contributed by atoms with Gasteiger partial charge < -0.3 is 128 Å². The number of cyclic esters (lactones) is 4. The van der Waals surface area contributed by atoms with Crippen LogP contribution in [-0.2, 0) is 113 Å². The number of phenolic OH excluding ortho intramolecular Hbond substituents is 2. The number of phenols is 2. The van der Waals surface area contributed by atoms with Crippen LogP contribution in [0.25, 0.3) is 6.08 Å². The second-order valence-corrected chi connectivity index (χ2v) is 60.1. The fourth-order valence-corrected chi connectivity index (χ4v) is 22.0. The first-order valence-electron chi connectivity index (χ1n) is 51.9. The molecule has 0 bridgehead atoms. The van der Waals surface area contributed by atoms with Gasteiger partial charge in [-0.2, -0.15) is 0 Å². The van der Waals surface area contributed by atoms with E-state index in [0.717, 1.165) is 48.8 Å². The van der Waals surface area contributed by atoms with Crippen molar-refractivity contribution in [1.82, 2.24) is 0 Å². The second kappa shape index (κ2) is 53.6. The summed E-state index contributed by atoms with van der Waals surface area (Å²) in [5, 5.41) is 20.8. The first-order chi connectivity index (χ1) is 68.7. The minimum Gasteiger partial charge on any atom is -0.508 e. The minimum absolute atomic E-state index is 0.000326. The maximum Gasteiger partial charge on any atom is 0.342 e. The second-order valence-electron chi connectivity index (χ2n) is 45.8. The van der Waals surface area contributed by atoms with Crippen LogP contribution in [0.5, 0.6) is 40.2 Å². The van der Waals surface area contributed by atoms with E-state index in [-0.39, 0.29) is 152 Å². The van der Waals surface area contributed by atoms with Crippen LogP contribution in [0.4, 0.5) is 0 Å². The number of aromatic hydroxyl groups is 2. The number of fused-ring (bicyclic) bond motifs is 8. The maximum atomic E-state index is 13.7. The van der Waals surface area contributed by atoms with Gasteiger partial charge in [-0.25, -0.2) is 19.2 Å². The highest BCUT2D eigenvalue weighted by Gasteiger charge is 2.49. The van der Waals surface area contributed by atoms with Crippen molar-refractivity contribution in [2.45, 2.75) is 418 Å². The average Bonchev–Trinajstić information content (AvgIpc) is 1.75. The summed E-state index contributed by atoms with van der Waals surface area (Å²) in [6, 6.07) is 13.5. The summed E-state index contributed by atoms with van der Waals surface area (Å²) in [4.78, 5) is 53.5. The molecule has 0 amide bonds. The van der Waals surface area contributed by atoms with E-state index in [0.29, 0.717) is 121 Å². The van der Waals surface area contributed by atoms with Gasteiger partial charge in [-0.05, 0) is 267 Å². The highest BCUT2D eigenvalue weighted by atomic mass is 28.4. The van der Waals surface area contributed by atoms with Crippen LogP contribution in [0.3, 0.4) is 0 Å². The van der Waals surface area contributed by atoms with E-state index in [4.69, 9.17) is 117 Å². The molecule has 0 aliphatic carbocycles. The predicted octanol–water partition coefficient (Wildman–Crippen LogP) is 23.4. The molecule has 8 aliphatic rings. The van der Waals surface area contributed by atoms with Crippen molar-refractivity contribution in [3.63, 3.8) is 0 Å². The lowest BCUT2D eigenvalue weighted by Gasteiger charge is -2.40. The lowest BCUT2D eigenvalue weighted by atomic mass is 9.95. The Morgan fingerprint density at radius 3 is 0.980 bits per heavy atom. The number of ether oxygens (including phenoxy) is 22. The molecule has 4 fully saturated rings. The molecule has 3 unspecified atom stereocenters. The molecule has 824 valence electrons. The third-order valence-corrected chi connectivity index (χ3v) is 41.6. The van der Waals surface area contributed by atoms with Crippen molar-refractivity contribution in [1.29, 1.82) is 0 Å². The van der Waals surface area contributed by atoms with Crippen molar-refractivity contribution >= 4 is 54.9 Å². The number of aryl methyl sites for hydroxylation is 1. The monoisotopic (exact) mass is 2110 g/mol. The standard InChI is InChI=1S/C31H50O9Si.C30H48O7Si.C27H42O7Si.C25H34O8/c1-21-12-11-13-25-26(39-31(5,6)38-25)15-14-23(40-41(9,10)30(2,3)4)16-22-17-24(35-19-33-7)18-27(36-20-34-8)28(22)29(32)37-21;1-20-16-22-18-23(37-38(9,10)29(3,4)5)14-15-25-24(35-30(6,7)36-25)13-11-12-21(2)34-28(31)27(22)26(17-20)33-19-32-8;1-17-10-9-11-22-23(33-27(5,6)32-22)13-12-20(34-35(7,8)26(2,3)4)15-18-14-19(28)16-21(29)24(18)25(30)31-17;1-17-9-8-12-21-20(32-25(2,3)33-21)11-7-6-10-18-13-19(29-15-27-4)14-22(30-16-28-5)23(18)24(26)31-17/h11,13,17-18,21,23,25-26H,12,14-16,19-20H2,1-10H3;11,13,16-17,21,23-25H,12,14-15,18-19H2,1-10H3;9,11,14,16-17,20,22-23,28-29H,10,12-13,15H2,1-8H3;6,8,10,12-14,17,20-21H,7,9,11,15-16H2,1-5H3/b2*13-11+;11-9+;10-6+,12-8+/t21-,23?,25+,26-;21-,23?,24+,25-;17-,20?,22+,23-;17-,20-,21+/m0000/s1. The number of hydrogen-bond donors (Lipinski definition) is 2. The quantitative estimate of drug-likeness (QED) is 0.0257. The molecule has 31 nitrogen and oxygen atoms in total. The Morgan fingerprint density at radius 1 is 0.347 bits per heavy atom. The average molecular weight is 2110 g/mol. The Hall–Kier alpha value is -7.93. The Bertz CT molecular complexity index is 5090. The fourth-order valence-electron chi connectivity index (χ4n) is 17.8. The van der Waals surface area contributed by atoms with Crippen molar-refractivity contribution in [3.05, 3.63) is 153 Å². The molecule has 4 aromatic rings. The molecule has 12 rings (SSSR count). The minimum atomic E-state index is -2.19. The zero-order valence-electron chi connectivity index (χ0n) is 93.9. The molecule has 15 atom stereocenters. The van der Waals surface area contributed by atoms with E-state index in [2.05, 4.69) is 108 Å². The largest absolute Gasteiger partial charge is 0.508 e. The summed E-state index contributed by atoms with van der Waals surface area (Å²) in [6.45, 7) is 58.3. The molecule has 147 heavy (non-hydrogen) atoms. The number of allylic oxidation sites excluding steroid dienone is 1. The van der Waals surface area contributed by atoms with Gasteiger partial charge in [-0.1, -0.05) is 129 Å². The summed E-state index contributed by atoms with van der Waals surface area (Å²) in [6.07, 6.45) is 26.2. The van der Waals surface area contributed by atoms with E-state index in [1.54, 1.807) is 32.4 Å². The zero-order chi connectivity index (χ0) is 109. The number of rotatable bonds is 21. The van der Waals surface area contributed by atoms with Gasteiger partial charge in [0.25, 0.3) is 0 Å². The van der Waals surface area contributed by atoms with Crippen molar-refractivity contribution in [2.75, 3.05) is 69.5 Å². The molecule has 4 aromatic carbocycles. The van der Waals surface area contributed by atoms with E-state index in [9.17, 15) is 29.4 Å². The van der Waals surface area contributed by atoms with Gasteiger partial charge in [-0.15, -0.1) is 0 Å². The third kappa shape index (κ3) is 36.7. The molecule has 0 radical (unpaired) electrons. The lowest BCUT2D eigenvalue weighted by Crippen LogP contribution is -2.44. The van der Waals surface area contributed by atoms with E-state index >= 15 is 0 Å². The van der Waals surface area contributed by atoms with Crippen LogP contribution in [0.15, 0.2) is 103 Å². The van der Waals surface area contributed by atoms with Crippen molar-refractivity contribution in [3.8, 4) is 40.2 Å². The molecule has 4 saturated heterocycles. The predicted molar refractivity (Wildman–Crippen MR) is 569 cm³/mol. The van der Waals surface area contributed by atoms with Gasteiger partial charge in [0.05, 0.1) is 24.4 Å². The molecule has 8 aliphatic heterocycles. The summed E-state index contributed by atoms with van der Waals surface area (Å²) >= 11 is 0. The molecule has 8 heterocycles. The van der Waals surface area contributed by atoms with Crippen molar-refractivity contribution in [2.24, 2.45) is 0 Å². The van der Waals surface area contributed by atoms with Gasteiger partial charge >= 0.3 is 23.9 Å². The highest BCUT2D eigenvalue weighted by Crippen LogP contribution is 2.47. The molecule has 2 N–H and O–H groups in total. The lowest BCUT2D eigenvalue weighted by molar-refractivity contribution is -0.144. The molecule has 0 spiro atoms. The van der Waals surface area contributed by atoms with Crippen LogP contribution >= 0.6 is 0 Å². The van der Waals surface area contributed by atoms with E-state index in [1.807, 2.05) is 163 Å². The maximum absolute atomic E-state index is 13.7. The summed E-state index contributed by atoms with van der Waals surface area (Å²) in [7, 11) is 1.24. The number of esters is 4. The molecule has 0 saturated carbocycles.